The zero-order chi connectivity index (χ0) is 20.3. The highest BCUT2D eigenvalue weighted by Gasteiger charge is 2.28. The average Bonchev–Trinajstić information content (AvgIpc) is 2.65. The van der Waals surface area contributed by atoms with E-state index in [-0.39, 0.29) is 11.8 Å². The Labute approximate surface area is 166 Å². The van der Waals surface area contributed by atoms with E-state index in [1.54, 1.807) is 18.3 Å². The second kappa shape index (κ2) is 7.97. The van der Waals surface area contributed by atoms with Gasteiger partial charge < -0.3 is 11.1 Å². The van der Waals surface area contributed by atoms with Gasteiger partial charge in [0.15, 0.2) is 0 Å². The molecule has 3 aromatic rings. The predicted octanol–water partition coefficient (Wildman–Crippen LogP) is 4.14. The molecule has 1 aromatic carbocycles. The van der Waals surface area contributed by atoms with Crippen LogP contribution >= 0.6 is 0 Å². The van der Waals surface area contributed by atoms with Gasteiger partial charge in [0, 0.05) is 29.4 Å². The first kappa shape index (κ1) is 19.8. The van der Waals surface area contributed by atoms with E-state index in [1.165, 1.54) is 0 Å². The molecule has 5 nitrogen and oxygen atoms in total. The van der Waals surface area contributed by atoms with Gasteiger partial charge in [-0.1, -0.05) is 13.0 Å². The zero-order valence-electron chi connectivity index (χ0n) is 17.0. The van der Waals surface area contributed by atoms with Gasteiger partial charge in [0.1, 0.15) is 0 Å². The fraction of sp³-hybridized carbons (Fsp3) is 0.348. The van der Waals surface area contributed by atoms with Crippen LogP contribution in [0.1, 0.15) is 44.0 Å². The number of carbonyl (C=O) groups is 1. The van der Waals surface area contributed by atoms with Crippen molar-refractivity contribution in [3.8, 4) is 0 Å². The highest BCUT2D eigenvalue weighted by atomic mass is 16.2. The minimum atomic E-state index is -0.593. The number of benzene rings is 1. The molecule has 1 amide bonds. The molecule has 2 aromatic heterocycles. The lowest BCUT2D eigenvalue weighted by atomic mass is 9.92. The first-order chi connectivity index (χ1) is 13.3. The van der Waals surface area contributed by atoms with Gasteiger partial charge in [-0.25, -0.2) is 0 Å². The van der Waals surface area contributed by atoms with E-state index in [0.717, 1.165) is 34.1 Å². The van der Waals surface area contributed by atoms with Crippen molar-refractivity contribution in [1.29, 1.82) is 0 Å². The van der Waals surface area contributed by atoms with Gasteiger partial charge in [-0.3, -0.25) is 14.8 Å². The van der Waals surface area contributed by atoms with E-state index >= 15 is 0 Å². The van der Waals surface area contributed by atoms with Crippen LogP contribution in [-0.2, 0) is 16.8 Å². The van der Waals surface area contributed by atoms with Gasteiger partial charge in [0.25, 0.3) is 0 Å². The Morgan fingerprint density at radius 3 is 2.68 bits per heavy atom. The monoisotopic (exact) mass is 376 g/mol. The smallest absolute Gasteiger partial charge is 0.224 e. The van der Waals surface area contributed by atoms with Crippen LogP contribution in [0, 0.1) is 12.8 Å². The molecule has 0 unspecified atom stereocenters. The lowest BCUT2D eigenvalue weighted by Crippen LogP contribution is -2.45. The van der Waals surface area contributed by atoms with Gasteiger partial charge in [-0.05, 0) is 75.1 Å². The number of anilines is 1. The number of nitrogen functional groups attached to an aromatic ring is 1. The van der Waals surface area contributed by atoms with Crippen molar-refractivity contribution in [2.24, 2.45) is 5.92 Å². The summed E-state index contributed by atoms with van der Waals surface area (Å²) in [4.78, 5) is 21.8. The molecule has 0 saturated carbocycles. The number of aryl methyl sites for hydroxylation is 1. The van der Waals surface area contributed by atoms with Gasteiger partial charge in [0.05, 0.1) is 16.7 Å². The van der Waals surface area contributed by atoms with Gasteiger partial charge in [-0.15, -0.1) is 0 Å². The molecule has 1 atom stereocenters. The molecule has 0 spiro atoms. The molecule has 28 heavy (non-hydrogen) atoms. The number of pyridine rings is 2. The molecule has 0 radical (unpaired) electrons. The molecule has 5 heteroatoms. The summed E-state index contributed by atoms with van der Waals surface area (Å²) in [5, 5.41) is 4.26. The van der Waals surface area contributed by atoms with Crippen molar-refractivity contribution in [2.45, 2.75) is 46.1 Å². The van der Waals surface area contributed by atoms with Crippen LogP contribution < -0.4 is 11.1 Å². The fourth-order valence-corrected chi connectivity index (χ4v) is 3.39. The van der Waals surface area contributed by atoms with Crippen LogP contribution in [0.5, 0.6) is 0 Å². The van der Waals surface area contributed by atoms with Gasteiger partial charge >= 0.3 is 0 Å². The third kappa shape index (κ3) is 4.47. The number of fused-ring (bicyclic) bond motifs is 1. The predicted molar refractivity (Wildman–Crippen MR) is 114 cm³/mol. The number of amides is 1. The molecule has 0 aliphatic heterocycles. The lowest BCUT2D eigenvalue weighted by Gasteiger charge is -2.28. The summed E-state index contributed by atoms with van der Waals surface area (Å²) in [5.41, 5.74) is 9.91. The van der Waals surface area contributed by atoms with Crippen LogP contribution in [0.25, 0.3) is 10.9 Å². The zero-order valence-corrected chi connectivity index (χ0v) is 17.0. The van der Waals surface area contributed by atoms with E-state index in [0.29, 0.717) is 12.1 Å². The number of nitrogens with one attached hydrogen (secondary N) is 1. The first-order valence-electron chi connectivity index (χ1n) is 9.68. The van der Waals surface area contributed by atoms with Crippen LogP contribution in [-0.4, -0.2) is 15.9 Å². The summed E-state index contributed by atoms with van der Waals surface area (Å²) < 4.78 is 0. The first-order valence-corrected chi connectivity index (χ1v) is 9.68. The lowest BCUT2D eigenvalue weighted by molar-refractivity contribution is -0.126. The Balaban J connectivity index is 1.76. The molecule has 146 valence electrons. The molecule has 0 fully saturated rings. The molecular weight excluding hydrogens is 348 g/mol. The van der Waals surface area contributed by atoms with Crippen molar-refractivity contribution in [1.82, 2.24) is 15.3 Å². The Morgan fingerprint density at radius 1 is 1.18 bits per heavy atom. The number of nitrogens with two attached hydrogens (primary N) is 1. The van der Waals surface area contributed by atoms with E-state index < -0.39 is 5.54 Å². The van der Waals surface area contributed by atoms with E-state index in [1.807, 2.05) is 40.0 Å². The largest absolute Gasteiger partial charge is 0.399 e. The Hall–Kier alpha value is -2.95. The number of rotatable bonds is 6. The summed E-state index contributed by atoms with van der Waals surface area (Å²) in [7, 11) is 0. The second-order valence-electron chi connectivity index (χ2n) is 7.94. The number of hydrogen-bond donors (Lipinski definition) is 2. The molecule has 3 N–H and O–H groups in total. The third-order valence-corrected chi connectivity index (χ3v) is 5.09. The maximum atomic E-state index is 13.0. The number of nitrogens with zero attached hydrogens (tertiary/aromatic N) is 2. The molecule has 0 aliphatic rings. The van der Waals surface area contributed by atoms with Gasteiger partial charge in [-0.2, -0.15) is 0 Å². The molecule has 0 bridgehead atoms. The summed E-state index contributed by atoms with van der Waals surface area (Å²) in [5.74, 6) is -0.0882. The Bertz CT molecular complexity index is 997. The van der Waals surface area contributed by atoms with Crippen molar-refractivity contribution in [3.05, 3.63) is 65.6 Å². The third-order valence-electron chi connectivity index (χ3n) is 5.09. The highest BCUT2D eigenvalue weighted by molar-refractivity contribution is 5.81. The maximum Gasteiger partial charge on any atom is 0.224 e. The molecule has 0 aliphatic carbocycles. The standard InChI is InChI=1S/C23H28N4O/c1-5-17(11-16-6-7-20-18(12-16)10-15(2)14-26-20)22(28)27-23(3,4)21-13-19(24)8-9-25-21/h6-10,12-14,17H,5,11H2,1-4H3,(H2,24,25)(H,27,28)/t17-/m1/s1. The highest BCUT2D eigenvalue weighted by Crippen LogP contribution is 2.23. The SMILES string of the molecule is CC[C@H](Cc1ccc2ncc(C)cc2c1)C(=O)NC(C)(C)c1cc(N)ccn1. The van der Waals surface area contributed by atoms with Gasteiger partial charge in [0.2, 0.25) is 5.91 Å². The number of hydrogen-bond acceptors (Lipinski definition) is 4. The summed E-state index contributed by atoms with van der Waals surface area (Å²) >= 11 is 0. The van der Waals surface area contributed by atoms with Crippen LogP contribution in [0.2, 0.25) is 0 Å². The van der Waals surface area contributed by atoms with Crippen molar-refractivity contribution >= 4 is 22.5 Å². The van der Waals surface area contributed by atoms with Crippen molar-refractivity contribution < 1.29 is 4.79 Å². The van der Waals surface area contributed by atoms with Crippen molar-refractivity contribution in [2.75, 3.05) is 5.73 Å². The molecule has 3 rings (SSSR count). The molecule has 2 heterocycles. The average molecular weight is 377 g/mol. The molecule has 0 saturated heterocycles. The Kier molecular flexibility index (Phi) is 5.63. The minimum Gasteiger partial charge on any atom is -0.399 e. The topological polar surface area (TPSA) is 80.9 Å². The summed E-state index contributed by atoms with van der Waals surface area (Å²) in [6.07, 6.45) is 4.99. The second-order valence-corrected chi connectivity index (χ2v) is 7.94. The quantitative estimate of drug-likeness (QED) is 0.677. The maximum absolute atomic E-state index is 13.0. The van der Waals surface area contributed by atoms with E-state index in [2.05, 4.69) is 33.5 Å². The summed E-state index contributed by atoms with van der Waals surface area (Å²) in [6.45, 7) is 7.98. The number of carbonyl (C=O) groups excluding carboxylic acids is 1. The fourth-order valence-electron chi connectivity index (χ4n) is 3.39. The van der Waals surface area contributed by atoms with Crippen LogP contribution in [0.3, 0.4) is 0 Å². The van der Waals surface area contributed by atoms with Crippen LogP contribution in [0.15, 0.2) is 48.8 Å². The molecular formula is C23H28N4O. The summed E-state index contributed by atoms with van der Waals surface area (Å²) in [6, 6.07) is 11.9. The normalized spacial score (nSPS) is 12.7. The van der Waals surface area contributed by atoms with Crippen LogP contribution in [0.4, 0.5) is 5.69 Å². The van der Waals surface area contributed by atoms with Crippen molar-refractivity contribution in [3.63, 3.8) is 0 Å². The number of aromatic nitrogens is 2. The van der Waals surface area contributed by atoms with E-state index in [4.69, 9.17) is 5.73 Å². The Morgan fingerprint density at radius 2 is 1.96 bits per heavy atom. The van der Waals surface area contributed by atoms with E-state index in [9.17, 15) is 4.79 Å². The minimum absolute atomic E-state index is 0.0270.